The number of ether oxygens (including phenoxy) is 1. The van der Waals surface area contributed by atoms with Gasteiger partial charge in [0.2, 0.25) is 11.7 Å². The normalized spacial score (nSPS) is 17.3. The molecule has 0 aliphatic carbocycles. The minimum Gasteiger partial charge on any atom is -0.475 e. The number of benzene rings is 2. The number of para-hydroxylation sites is 1. The molecule has 2 aromatic carbocycles. The molecule has 3 amide bonds. The Bertz CT molecular complexity index is 1250. The van der Waals surface area contributed by atoms with Crippen molar-refractivity contribution in [2.24, 2.45) is 0 Å². The standard InChI is InChI=1S/C24H21ClFN3O6/c1-34-16-12-20(28(13-16)24(33)29(25)15-5-3-2-4-6-15)22(30)27-19-8-7-14(11-18(19)26)17-9-10-35-21(17)23(31)32/h2-11,16,20H,12-13H2,1H3,(H,27,30)(H,31,32). The topological polar surface area (TPSA) is 112 Å². The summed E-state index contributed by atoms with van der Waals surface area (Å²) >= 11 is 6.24. The van der Waals surface area contributed by atoms with Gasteiger partial charge in [-0.1, -0.05) is 24.3 Å². The molecule has 2 atom stereocenters. The van der Waals surface area contributed by atoms with Crippen molar-refractivity contribution in [3.05, 3.63) is 72.4 Å². The molecule has 2 unspecified atom stereocenters. The van der Waals surface area contributed by atoms with Crippen LogP contribution in [0.1, 0.15) is 17.0 Å². The highest BCUT2D eigenvalue weighted by molar-refractivity contribution is 6.36. The monoisotopic (exact) mass is 501 g/mol. The van der Waals surface area contributed by atoms with E-state index in [0.29, 0.717) is 5.69 Å². The lowest BCUT2D eigenvalue weighted by Gasteiger charge is -2.27. The molecular weight excluding hydrogens is 481 g/mol. The number of nitrogens with zero attached hydrogens (tertiary/aromatic N) is 2. The van der Waals surface area contributed by atoms with Crippen LogP contribution >= 0.6 is 11.8 Å². The van der Waals surface area contributed by atoms with Crippen LogP contribution in [0.15, 0.2) is 65.3 Å². The zero-order valence-corrected chi connectivity index (χ0v) is 19.2. The van der Waals surface area contributed by atoms with Gasteiger partial charge in [0.1, 0.15) is 11.9 Å². The molecule has 11 heteroatoms. The van der Waals surface area contributed by atoms with Gasteiger partial charge in [-0.15, -0.1) is 0 Å². The molecule has 2 heterocycles. The summed E-state index contributed by atoms with van der Waals surface area (Å²) in [7, 11) is 1.48. The Hall–Kier alpha value is -3.89. The van der Waals surface area contributed by atoms with Crippen LogP contribution in [-0.2, 0) is 9.53 Å². The summed E-state index contributed by atoms with van der Waals surface area (Å²) in [5.41, 5.74) is 0.774. The van der Waals surface area contributed by atoms with Gasteiger partial charge in [-0.05, 0) is 35.9 Å². The predicted molar refractivity (Wildman–Crippen MR) is 126 cm³/mol. The molecule has 3 aromatic rings. The smallest absolute Gasteiger partial charge is 0.372 e. The molecule has 1 fully saturated rings. The van der Waals surface area contributed by atoms with Crippen LogP contribution < -0.4 is 9.74 Å². The number of carboxylic acids is 1. The van der Waals surface area contributed by atoms with E-state index in [1.807, 2.05) is 0 Å². The second-order valence-electron chi connectivity index (χ2n) is 7.81. The minimum absolute atomic E-state index is 0.127. The fourth-order valence-corrected chi connectivity index (χ4v) is 4.12. The van der Waals surface area contributed by atoms with Gasteiger partial charge in [-0.25, -0.2) is 18.4 Å². The fourth-order valence-electron chi connectivity index (χ4n) is 3.91. The van der Waals surface area contributed by atoms with Crippen LogP contribution in [0.4, 0.5) is 20.6 Å². The first-order valence-electron chi connectivity index (χ1n) is 10.6. The van der Waals surface area contributed by atoms with Gasteiger partial charge >= 0.3 is 12.0 Å². The number of carbonyl (C=O) groups is 3. The Balaban J connectivity index is 1.53. The molecule has 1 aliphatic heterocycles. The largest absolute Gasteiger partial charge is 0.475 e. The molecule has 9 nitrogen and oxygen atoms in total. The van der Waals surface area contributed by atoms with Crippen molar-refractivity contribution < 1.29 is 33.0 Å². The van der Waals surface area contributed by atoms with Crippen molar-refractivity contribution in [3.8, 4) is 11.1 Å². The second kappa shape index (κ2) is 10.2. The third kappa shape index (κ3) is 4.98. The minimum atomic E-state index is -1.29. The zero-order chi connectivity index (χ0) is 25.1. The first-order valence-corrected chi connectivity index (χ1v) is 10.9. The maximum absolute atomic E-state index is 14.8. The van der Waals surface area contributed by atoms with Crippen molar-refractivity contribution in [1.82, 2.24) is 4.90 Å². The highest BCUT2D eigenvalue weighted by Crippen LogP contribution is 2.30. The number of furan rings is 1. The SMILES string of the molecule is COC1CC(C(=O)Nc2ccc(-c3ccoc3C(=O)O)cc2F)N(C(=O)N(Cl)c2ccccc2)C1. The number of anilines is 2. The Morgan fingerprint density at radius 1 is 1.20 bits per heavy atom. The highest BCUT2D eigenvalue weighted by atomic mass is 35.5. The maximum atomic E-state index is 14.8. The molecule has 0 radical (unpaired) electrons. The summed E-state index contributed by atoms with van der Waals surface area (Å²) in [5.74, 6) is -3.01. The number of methoxy groups -OCH3 is 1. The fraction of sp³-hybridized carbons (Fsp3) is 0.208. The third-order valence-electron chi connectivity index (χ3n) is 5.69. The number of carboxylic acid groups (broad SMARTS) is 1. The number of hydrogen-bond acceptors (Lipinski definition) is 5. The summed E-state index contributed by atoms with van der Waals surface area (Å²) in [6.45, 7) is 0.128. The number of amides is 3. The van der Waals surface area contributed by atoms with Crippen molar-refractivity contribution >= 4 is 41.1 Å². The molecule has 1 aromatic heterocycles. The maximum Gasteiger partial charge on any atom is 0.372 e. The molecular formula is C24H21ClFN3O6. The lowest BCUT2D eigenvalue weighted by molar-refractivity contribution is -0.119. The number of rotatable bonds is 6. The summed E-state index contributed by atoms with van der Waals surface area (Å²) in [4.78, 5) is 38.7. The van der Waals surface area contributed by atoms with E-state index in [0.717, 1.165) is 10.5 Å². The van der Waals surface area contributed by atoms with E-state index in [-0.39, 0.29) is 35.5 Å². The van der Waals surface area contributed by atoms with Gasteiger partial charge in [0, 0.05) is 37.4 Å². The Morgan fingerprint density at radius 2 is 1.94 bits per heavy atom. The van der Waals surface area contributed by atoms with E-state index in [9.17, 15) is 23.9 Å². The molecule has 35 heavy (non-hydrogen) atoms. The number of likely N-dealkylation sites (tertiary alicyclic amines) is 1. The molecule has 0 saturated carbocycles. The van der Waals surface area contributed by atoms with Gasteiger partial charge in [0.25, 0.3) is 0 Å². The van der Waals surface area contributed by atoms with Gasteiger partial charge < -0.3 is 24.5 Å². The van der Waals surface area contributed by atoms with Gasteiger partial charge in [-0.3, -0.25) is 4.79 Å². The highest BCUT2D eigenvalue weighted by Gasteiger charge is 2.41. The lowest BCUT2D eigenvalue weighted by Crippen LogP contribution is -2.47. The Kier molecular flexibility index (Phi) is 7.04. The number of hydrogen-bond donors (Lipinski definition) is 2. The summed E-state index contributed by atoms with van der Waals surface area (Å²) in [5, 5.41) is 11.7. The van der Waals surface area contributed by atoms with Crippen molar-refractivity contribution in [1.29, 1.82) is 0 Å². The predicted octanol–water partition coefficient (Wildman–Crippen LogP) is 4.59. The van der Waals surface area contributed by atoms with Crippen LogP contribution in [-0.4, -0.2) is 53.7 Å². The molecule has 0 spiro atoms. The van der Waals surface area contributed by atoms with E-state index < -0.39 is 35.9 Å². The zero-order valence-electron chi connectivity index (χ0n) is 18.5. The molecule has 1 aliphatic rings. The molecule has 182 valence electrons. The third-order valence-corrected chi connectivity index (χ3v) is 6.03. The molecule has 0 bridgehead atoms. The summed E-state index contributed by atoms with van der Waals surface area (Å²) in [6.07, 6.45) is 0.989. The molecule has 2 N–H and O–H groups in total. The number of nitrogens with one attached hydrogen (secondary N) is 1. The number of aromatic carboxylic acids is 1. The van der Waals surface area contributed by atoms with Crippen LogP contribution in [0.2, 0.25) is 0 Å². The van der Waals surface area contributed by atoms with E-state index in [1.165, 1.54) is 36.5 Å². The van der Waals surface area contributed by atoms with Crippen molar-refractivity contribution in [2.45, 2.75) is 18.6 Å². The van der Waals surface area contributed by atoms with E-state index in [4.69, 9.17) is 20.9 Å². The average molecular weight is 502 g/mol. The van der Waals surface area contributed by atoms with Crippen molar-refractivity contribution in [3.63, 3.8) is 0 Å². The summed E-state index contributed by atoms with van der Waals surface area (Å²) < 4.78 is 26.0. The van der Waals surface area contributed by atoms with Crippen LogP contribution in [0.3, 0.4) is 0 Å². The van der Waals surface area contributed by atoms with Gasteiger partial charge in [0.15, 0.2) is 0 Å². The van der Waals surface area contributed by atoms with E-state index in [2.05, 4.69) is 5.32 Å². The Morgan fingerprint density at radius 3 is 2.60 bits per heavy atom. The quantitative estimate of drug-likeness (QED) is 0.478. The molecule has 4 rings (SSSR count). The number of halogens is 2. The van der Waals surface area contributed by atoms with Crippen LogP contribution in [0.25, 0.3) is 11.1 Å². The van der Waals surface area contributed by atoms with Crippen LogP contribution in [0.5, 0.6) is 0 Å². The second-order valence-corrected chi connectivity index (χ2v) is 8.15. The number of urea groups is 1. The lowest BCUT2D eigenvalue weighted by atomic mass is 10.1. The van der Waals surface area contributed by atoms with Crippen molar-refractivity contribution in [2.75, 3.05) is 23.4 Å². The van der Waals surface area contributed by atoms with Crippen LogP contribution in [0, 0.1) is 5.82 Å². The van der Waals surface area contributed by atoms with E-state index in [1.54, 1.807) is 30.3 Å². The first kappa shape index (κ1) is 24.2. The average Bonchev–Trinajstić information content (AvgIpc) is 3.53. The molecule has 1 saturated heterocycles. The Labute approximate surface area is 204 Å². The number of carbonyl (C=O) groups excluding carboxylic acids is 2. The van der Waals surface area contributed by atoms with Gasteiger partial charge in [-0.2, -0.15) is 0 Å². The summed E-state index contributed by atoms with van der Waals surface area (Å²) in [6, 6.07) is 12.2. The van der Waals surface area contributed by atoms with E-state index >= 15 is 0 Å². The van der Waals surface area contributed by atoms with Gasteiger partial charge in [0.05, 0.1) is 23.7 Å². The first-order chi connectivity index (χ1) is 16.8.